The lowest BCUT2D eigenvalue weighted by Gasteiger charge is -2.29. The van der Waals surface area contributed by atoms with E-state index in [2.05, 4.69) is 138 Å². The van der Waals surface area contributed by atoms with E-state index in [1.807, 2.05) is 0 Å². The molecule has 1 aliphatic heterocycles. The standard InChI is InChI=1S/C36H43N3/c1-22(2)27-14-8-9-15-30(27)36(39-35-28(23(3)4)16-11-17-29(35)24(5)6)33-20-12-19-32(38-33)31-18-10-13-26-21-25(7)37-34(26)31/h8-20,22-25,36-37,39H,21H2,1-7H3. The van der Waals surface area contributed by atoms with Crippen LogP contribution in [0.4, 0.5) is 11.4 Å². The zero-order valence-corrected chi connectivity index (χ0v) is 24.5. The first-order valence-electron chi connectivity index (χ1n) is 14.6. The van der Waals surface area contributed by atoms with Crippen molar-refractivity contribution in [1.82, 2.24) is 4.98 Å². The Morgan fingerprint density at radius 1 is 0.692 bits per heavy atom. The molecule has 2 N–H and O–H groups in total. The molecule has 0 saturated carbocycles. The molecule has 4 aromatic rings. The van der Waals surface area contributed by atoms with E-state index in [1.165, 1.54) is 44.8 Å². The summed E-state index contributed by atoms with van der Waals surface area (Å²) in [5, 5.41) is 7.76. The molecule has 0 bridgehead atoms. The molecule has 1 aliphatic rings. The third kappa shape index (κ3) is 5.45. The maximum atomic E-state index is 5.37. The van der Waals surface area contributed by atoms with Crippen LogP contribution in [0.15, 0.2) is 78.9 Å². The van der Waals surface area contributed by atoms with E-state index in [9.17, 15) is 0 Å². The van der Waals surface area contributed by atoms with Crippen LogP contribution in [0.25, 0.3) is 11.3 Å². The summed E-state index contributed by atoms with van der Waals surface area (Å²) in [6.07, 6.45) is 1.05. The highest BCUT2D eigenvalue weighted by Crippen LogP contribution is 2.40. The summed E-state index contributed by atoms with van der Waals surface area (Å²) in [5.41, 5.74) is 12.4. The summed E-state index contributed by atoms with van der Waals surface area (Å²) in [5.74, 6) is 1.22. The molecule has 3 aromatic carbocycles. The fraction of sp³-hybridized carbons (Fsp3) is 0.361. The molecule has 2 atom stereocenters. The molecule has 5 rings (SSSR count). The number of hydrogen-bond donors (Lipinski definition) is 2. The summed E-state index contributed by atoms with van der Waals surface area (Å²) >= 11 is 0. The van der Waals surface area contributed by atoms with Gasteiger partial charge in [0.1, 0.15) is 0 Å². The first-order chi connectivity index (χ1) is 18.7. The number of rotatable bonds is 8. The topological polar surface area (TPSA) is 37.0 Å². The highest BCUT2D eigenvalue weighted by atomic mass is 15.0. The Labute approximate surface area is 235 Å². The highest BCUT2D eigenvalue weighted by molar-refractivity contribution is 5.80. The molecular formula is C36H43N3. The predicted molar refractivity (Wildman–Crippen MR) is 167 cm³/mol. The quantitative estimate of drug-likeness (QED) is 0.244. The second-order valence-corrected chi connectivity index (χ2v) is 12.0. The molecule has 3 heteroatoms. The zero-order valence-electron chi connectivity index (χ0n) is 24.5. The van der Waals surface area contributed by atoms with Gasteiger partial charge in [0.05, 0.1) is 17.4 Å². The summed E-state index contributed by atoms with van der Waals surface area (Å²) in [7, 11) is 0. The zero-order chi connectivity index (χ0) is 27.7. The Balaban J connectivity index is 1.68. The summed E-state index contributed by atoms with van der Waals surface area (Å²) in [4.78, 5) is 5.37. The van der Waals surface area contributed by atoms with Gasteiger partial charge in [-0.3, -0.25) is 4.98 Å². The SMILES string of the molecule is CC1Cc2cccc(-c3cccc(C(Nc4c(C(C)C)cccc4C(C)C)c4ccccc4C(C)C)n3)c2N1. The van der Waals surface area contributed by atoms with Gasteiger partial charge in [-0.25, -0.2) is 0 Å². The molecule has 0 aliphatic carbocycles. The van der Waals surface area contributed by atoms with Gasteiger partial charge in [-0.2, -0.15) is 0 Å². The lowest BCUT2D eigenvalue weighted by molar-refractivity contribution is 0.788. The first-order valence-corrected chi connectivity index (χ1v) is 14.6. The average Bonchev–Trinajstić information content (AvgIpc) is 3.31. The van der Waals surface area contributed by atoms with Crippen molar-refractivity contribution in [3.63, 3.8) is 0 Å². The van der Waals surface area contributed by atoms with Gasteiger partial charge in [0.15, 0.2) is 0 Å². The maximum absolute atomic E-state index is 5.37. The van der Waals surface area contributed by atoms with Crippen molar-refractivity contribution in [3.05, 3.63) is 112 Å². The van der Waals surface area contributed by atoms with Crippen LogP contribution in [0.3, 0.4) is 0 Å². The van der Waals surface area contributed by atoms with E-state index >= 15 is 0 Å². The molecule has 39 heavy (non-hydrogen) atoms. The van der Waals surface area contributed by atoms with Gasteiger partial charge in [-0.05, 0) is 71.0 Å². The van der Waals surface area contributed by atoms with Crippen LogP contribution in [0, 0.1) is 0 Å². The van der Waals surface area contributed by atoms with Crippen molar-refractivity contribution in [2.75, 3.05) is 10.6 Å². The Bertz CT molecular complexity index is 1420. The van der Waals surface area contributed by atoms with Crippen LogP contribution in [0.5, 0.6) is 0 Å². The van der Waals surface area contributed by atoms with E-state index in [0.29, 0.717) is 23.8 Å². The predicted octanol–water partition coefficient (Wildman–Crippen LogP) is 9.68. The number of nitrogens with zero attached hydrogens (tertiary/aromatic N) is 1. The molecule has 0 amide bonds. The van der Waals surface area contributed by atoms with Crippen molar-refractivity contribution in [1.29, 1.82) is 0 Å². The molecule has 0 saturated heterocycles. The molecule has 2 unspecified atom stereocenters. The molecule has 1 aromatic heterocycles. The first kappa shape index (κ1) is 27.0. The minimum Gasteiger partial charge on any atom is -0.381 e. The van der Waals surface area contributed by atoms with Crippen LogP contribution >= 0.6 is 0 Å². The Morgan fingerprint density at radius 3 is 1.95 bits per heavy atom. The maximum Gasteiger partial charge on any atom is 0.0943 e. The van der Waals surface area contributed by atoms with Crippen molar-refractivity contribution in [2.24, 2.45) is 0 Å². The van der Waals surface area contributed by atoms with Gasteiger partial charge < -0.3 is 10.6 Å². The minimum atomic E-state index is -0.0791. The van der Waals surface area contributed by atoms with E-state index in [-0.39, 0.29) is 6.04 Å². The number of para-hydroxylation sites is 2. The number of hydrogen-bond acceptors (Lipinski definition) is 3. The Hall–Kier alpha value is -3.59. The fourth-order valence-corrected chi connectivity index (χ4v) is 6.02. The number of anilines is 2. The van der Waals surface area contributed by atoms with Crippen LogP contribution in [-0.2, 0) is 6.42 Å². The van der Waals surface area contributed by atoms with Crippen molar-refractivity contribution in [3.8, 4) is 11.3 Å². The number of benzene rings is 3. The van der Waals surface area contributed by atoms with E-state index < -0.39 is 0 Å². The third-order valence-electron chi connectivity index (χ3n) is 8.00. The van der Waals surface area contributed by atoms with Crippen LogP contribution in [-0.4, -0.2) is 11.0 Å². The van der Waals surface area contributed by atoms with Gasteiger partial charge in [-0.1, -0.05) is 108 Å². The monoisotopic (exact) mass is 517 g/mol. The summed E-state index contributed by atoms with van der Waals surface area (Å²) in [6, 6.07) is 29.1. The fourth-order valence-electron chi connectivity index (χ4n) is 6.02. The number of fused-ring (bicyclic) bond motifs is 1. The highest BCUT2D eigenvalue weighted by Gasteiger charge is 2.25. The number of nitrogens with one attached hydrogen (secondary N) is 2. The molecule has 3 nitrogen and oxygen atoms in total. The number of pyridine rings is 1. The van der Waals surface area contributed by atoms with Gasteiger partial charge >= 0.3 is 0 Å². The molecule has 0 spiro atoms. The molecule has 2 heterocycles. The summed E-state index contributed by atoms with van der Waals surface area (Å²) in [6.45, 7) is 15.9. The van der Waals surface area contributed by atoms with Crippen LogP contribution in [0.2, 0.25) is 0 Å². The van der Waals surface area contributed by atoms with Gasteiger partial charge in [-0.15, -0.1) is 0 Å². The van der Waals surface area contributed by atoms with Crippen LogP contribution in [0.1, 0.15) is 106 Å². The van der Waals surface area contributed by atoms with Crippen molar-refractivity contribution >= 4 is 11.4 Å². The Morgan fingerprint density at radius 2 is 1.28 bits per heavy atom. The molecular weight excluding hydrogens is 474 g/mol. The second-order valence-electron chi connectivity index (χ2n) is 12.0. The lowest BCUT2D eigenvalue weighted by Crippen LogP contribution is -2.19. The average molecular weight is 518 g/mol. The molecule has 0 radical (unpaired) electrons. The van der Waals surface area contributed by atoms with Gasteiger partial charge in [0.2, 0.25) is 0 Å². The lowest BCUT2D eigenvalue weighted by atomic mass is 9.88. The molecule has 0 fully saturated rings. The number of aromatic nitrogens is 1. The van der Waals surface area contributed by atoms with Gasteiger partial charge in [0, 0.05) is 23.0 Å². The largest absolute Gasteiger partial charge is 0.381 e. The van der Waals surface area contributed by atoms with Gasteiger partial charge in [0.25, 0.3) is 0 Å². The van der Waals surface area contributed by atoms with E-state index in [1.54, 1.807) is 0 Å². The minimum absolute atomic E-state index is 0.0791. The normalized spacial score (nSPS) is 15.5. The second kappa shape index (κ2) is 11.3. The molecule has 202 valence electrons. The third-order valence-corrected chi connectivity index (χ3v) is 8.00. The smallest absolute Gasteiger partial charge is 0.0943 e. The van der Waals surface area contributed by atoms with E-state index in [0.717, 1.165) is 17.8 Å². The van der Waals surface area contributed by atoms with Crippen LogP contribution < -0.4 is 10.6 Å². The van der Waals surface area contributed by atoms with Crippen molar-refractivity contribution in [2.45, 2.75) is 84.7 Å². The van der Waals surface area contributed by atoms with Crippen molar-refractivity contribution < 1.29 is 0 Å². The summed E-state index contributed by atoms with van der Waals surface area (Å²) < 4.78 is 0. The Kier molecular flexibility index (Phi) is 7.79. The van der Waals surface area contributed by atoms with E-state index in [4.69, 9.17) is 4.98 Å².